The fourth-order valence-corrected chi connectivity index (χ4v) is 7.33. The predicted octanol–water partition coefficient (Wildman–Crippen LogP) is 3.82. The molecule has 226 valence electrons. The zero-order valence-electron chi connectivity index (χ0n) is 23.5. The van der Waals surface area contributed by atoms with E-state index in [4.69, 9.17) is 4.52 Å². The summed E-state index contributed by atoms with van der Waals surface area (Å²) in [6.07, 6.45) is 2.10. The number of likely N-dealkylation sites (tertiary alicyclic amines) is 2. The van der Waals surface area contributed by atoms with Crippen LogP contribution in [0, 0.1) is 5.82 Å². The van der Waals surface area contributed by atoms with Gasteiger partial charge < -0.3 is 9.42 Å². The first-order valence-electron chi connectivity index (χ1n) is 14.8. The van der Waals surface area contributed by atoms with E-state index in [9.17, 15) is 18.8 Å². The van der Waals surface area contributed by atoms with Crippen LogP contribution in [0.2, 0.25) is 0 Å². The lowest BCUT2D eigenvalue weighted by atomic mass is 9.89. The summed E-state index contributed by atoms with van der Waals surface area (Å²) < 4.78 is 50.2. The minimum atomic E-state index is -2.92. The third-order valence-electron chi connectivity index (χ3n) is 9.53. The summed E-state index contributed by atoms with van der Waals surface area (Å²) in [5.41, 5.74) is 3.20. The molecule has 7 rings (SSSR count). The van der Waals surface area contributed by atoms with E-state index >= 15 is 8.78 Å². The number of amides is 3. The SMILES string of the molecule is O=C1CCC(N2Cc3c(CN4CCC(N5CCC(c6noc7cc(F)ccc67)CC5)C(F)(F)C4)cccc3C2=O)C(=O)N1. The molecule has 43 heavy (non-hydrogen) atoms. The van der Waals surface area contributed by atoms with Crippen molar-refractivity contribution in [3.63, 3.8) is 0 Å². The van der Waals surface area contributed by atoms with Crippen molar-refractivity contribution in [3.05, 3.63) is 64.6 Å². The molecule has 1 aromatic heterocycles. The molecule has 9 nitrogen and oxygen atoms in total. The summed E-state index contributed by atoms with van der Waals surface area (Å²) >= 11 is 0. The number of nitrogens with zero attached hydrogens (tertiary/aromatic N) is 4. The standard InChI is InChI=1S/C31H32F3N5O4/c32-20-4-5-22-25(14-20)43-36-28(22)18-8-12-38(13-9-18)26-10-11-37(17-31(26,33)34)15-19-2-1-3-21-23(19)16-39(30(21)42)24-6-7-27(40)35-29(24)41/h1-5,14,18,24,26H,6-13,15-17H2,(H,35,40,41). The highest BCUT2D eigenvalue weighted by atomic mass is 19.3. The Morgan fingerprint density at radius 2 is 1.84 bits per heavy atom. The number of benzene rings is 2. The number of alkyl halides is 2. The normalized spacial score (nSPS) is 25.4. The molecule has 3 saturated heterocycles. The molecule has 3 amide bonds. The van der Waals surface area contributed by atoms with Crippen LogP contribution < -0.4 is 5.32 Å². The summed E-state index contributed by atoms with van der Waals surface area (Å²) in [6.45, 7) is 1.65. The molecule has 0 bridgehead atoms. The van der Waals surface area contributed by atoms with E-state index in [-0.39, 0.29) is 50.2 Å². The van der Waals surface area contributed by atoms with Gasteiger partial charge in [0.1, 0.15) is 11.9 Å². The number of aromatic nitrogens is 1. The molecule has 12 heteroatoms. The Morgan fingerprint density at radius 3 is 2.60 bits per heavy atom. The maximum absolute atomic E-state index is 15.7. The van der Waals surface area contributed by atoms with Gasteiger partial charge in [-0.25, -0.2) is 13.2 Å². The minimum Gasteiger partial charge on any atom is -0.356 e. The van der Waals surface area contributed by atoms with Crippen LogP contribution >= 0.6 is 0 Å². The van der Waals surface area contributed by atoms with Crippen molar-refractivity contribution in [2.45, 2.75) is 69.1 Å². The molecule has 4 aliphatic heterocycles. The first-order valence-corrected chi connectivity index (χ1v) is 14.8. The maximum atomic E-state index is 15.7. The molecule has 3 fully saturated rings. The smallest absolute Gasteiger partial charge is 0.275 e. The molecule has 0 radical (unpaired) electrons. The molecular formula is C31H32F3N5O4. The van der Waals surface area contributed by atoms with Crippen LogP contribution in [0.5, 0.6) is 0 Å². The van der Waals surface area contributed by atoms with Gasteiger partial charge in [0.25, 0.3) is 11.8 Å². The predicted molar refractivity (Wildman–Crippen MR) is 149 cm³/mol. The van der Waals surface area contributed by atoms with Gasteiger partial charge in [-0.15, -0.1) is 0 Å². The van der Waals surface area contributed by atoms with Crippen LogP contribution in [0.15, 0.2) is 40.9 Å². The van der Waals surface area contributed by atoms with Crippen molar-refractivity contribution in [2.24, 2.45) is 0 Å². The molecule has 1 N–H and O–H groups in total. The molecule has 5 heterocycles. The molecule has 0 aliphatic carbocycles. The first kappa shape index (κ1) is 28.0. The number of halogens is 3. The van der Waals surface area contributed by atoms with Crippen molar-refractivity contribution < 1.29 is 32.1 Å². The highest BCUT2D eigenvalue weighted by molar-refractivity contribution is 6.05. The maximum Gasteiger partial charge on any atom is 0.275 e. The highest BCUT2D eigenvalue weighted by Gasteiger charge is 2.48. The van der Waals surface area contributed by atoms with Gasteiger partial charge >= 0.3 is 0 Å². The summed E-state index contributed by atoms with van der Waals surface area (Å²) in [5, 5.41) is 7.25. The van der Waals surface area contributed by atoms with Gasteiger partial charge in [-0.3, -0.25) is 29.5 Å². The van der Waals surface area contributed by atoms with Gasteiger partial charge in [-0.1, -0.05) is 17.3 Å². The number of fused-ring (bicyclic) bond motifs is 2. The van der Waals surface area contributed by atoms with E-state index in [0.717, 1.165) is 22.2 Å². The summed E-state index contributed by atoms with van der Waals surface area (Å²) in [4.78, 5) is 42.3. The van der Waals surface area contributed by atoms with Gasteiger partial charge in [0.05, 0.1) is 18.3 Å². The second kappa shape index (κ2) is 10.7. The number of hydrogen-bond donors (Lipinski definition) is 1. The van der Waals surface area contributed by atoms with Gasteiger partial charge in [0.15, 0.2) is 5.58 Å². The summed E-state index contributed by atoms with van der Waals surface area (Å²) in [5.74, 6) is -4.34. The number of rotatable bonds is 5. The van der Waals surface area contributed by atoms with Crippen LogP contribution in [0.1, 0.15) is 65.2 Å². The van der Waals surface area contributed by atoms with Crippen LogP contribution in [0.25, 0.3) is 11.0 Å². The van der Waals surface area contributed by atoms with Crippen LogP contribution in [-0.2, 0) is 22.7 Å². The zero-order valence-corrected chi connectivity index (χ0v) is 23.5. The van der Waals surface area contributed by atoms with Crippen molar-refractivity contribution in [2.75, 3.05) is 26.2 Å². The monoisotopic (exact) mass is 595 g/mol. The highest BCUT2D eigenvalue weighted by Crippen LogP contribution is 2.38. The molecule has 4 aliphatic rings. The van der Waals surface area contributed by atoms with Gasteiger partial charge in [-0.05, 0) is 68.1 Å². The largest absolute Gasteiger partial charge is 0.356 e. The Morgan fingerprint density at radius 1 is 1.02 bits per heavy atom. The van der Waals surface area contributed by atoms with Gasteiger partial charge in [0.2, 0.25) is 11.8 Å². The average molecular weight is 596 g/mol. The fraction of sp³-hybridized carbons (Fsp3) is 0.484. The molecule has 2 atom stereocenters. The van der Waals surface area contributed by atoms with E-state index in [1.807, 2.05) is 11.0 Å². The Balaban J connectivity index is 0.987. The second-order valence-corrected chi connectivity index (χ2v) is 12.1. The lowest BCUT2D eigenvalue weighted by Gasteiger charge is -2.45. The minimum absolute atomic E-state index is 0.0688. The van der Waals surface area contributed by atoms with Crippen LogP contribution in [-0.4, -0.2) is 81.8 Å². The molecule has 0 saturated carbocycles. The van der Waals surface area contributed by atoms with Crippen molar-refractivity contribution in [3.8, 4) is 0 Å². The molecular weight excluding hydrogens is 563 g/mol. The van der Waals surface area contributed by atoms with Crippen LogP contribution in [0.4, 0.5) is 13.2 Å². The molecule has 0 spiro atoms. The average Bonchev–Trinajstić information content (AvgIpc) is 3.54. The lowest BCUT2D eigenvalue weighted by molar-refractivity contribution is -0.137. The van der Waals surface area contributed by atoms with E-state index < -0.39 is 29.7 Å². The number of hydrogen-bond acceptors (Lipinski definition) is 7. The fourth-order valence-electron chi connectivity index (χ4n) is 7.33. The van der Waals surface area contributed by atoms with E-state index in [0.29, 0.717) is 50.0 Å². The third kappa shape index (κ3) is 5.10. The third-order valence-corrected chi connectivity index (χ3v) is 9.53. The topological polar surface area (TPSA) is 99.0 Å². The van der Waals surface area contributed by atoms with Gasteiger partial charge in [-0.2, -0.15) is 0 Å². The molecule has 2 unspecified atom stereocenters. The zero-order chi connectivity index (χ0) is 29.9. The number of imide groups is 1. The Hall–Kier alpha value is -3.77. The van der Waals surface area contributed by atoms with Gasteiger partial charge in [0, 0.05) is 49.0 Å². The Kier molecular flexibility index (Phi) is 7.00. The van der Waals surface area contributed by atoms with Crippen molar-refractivity contribution >= 4 is 28.7 Å². The number of piperidine rings is 3. The second-order valence-electron chi connectivity index (χ2n) is 12.1. The Labute approximate surface area is 245 Å². The van der Waals surface area contributed by atoms with E-state index in [2.05, 4.69) is 10.5 Å². The molecule has 3 aromatic rings. The molecule has 2 aromatic carbocycles. The van der Waals surface area contributed by atoms with Crippen molar-refractivity contribution in [1.82, 2.24) is 25.2 Å². The lowest BCUT2D eigenvalue weighted by Crippen LogP contribution is -2.59. The van der Waals surface area contributed by atoms with Crippen LogP contribution in [0.3, 0.4) is 0 Å². The quantitative estimate of drug-likeness (QED) is 0.448. The first-order chi connectivity index (χ1) is 20.7. The summed E-state index contributed by atoms with van der Waals surface area (Å²) in [6, 6.07) is 8.09. The van der Waals surface area contributed by atoms with E-state index in [1.54, 1.807) is 23.1 Å². The van der Waals surface area contributed by atoms with Crippen molar-refractivity contribution in [1.29, 1.82) is 0 Å². The van der Waals surface area contributed by atoms with E-state index in [1.165, 1.54) is 17.0 Å². The number of carbonyl (C=O) groups is 3. The Bertz CT molecular complexity index is 1600. The summed E-state index contributed by atoms with van der Waals surface area (Å²) in [7, 11) is 0. The number of carbonyl (C=O) groups excluding carboxylic acids is 3. The number of nitrogens with one attached hydrogen (secondary N) is 1.